The molecule has 1 aromatic heterocycles. The predicted molar refractivity (Wildman–Crippen MR) is 130 cm³/mol. The van der Waals surface area contributed by atoms with Crippen LogP contribution in [0.4, 0.5) is 6.01 Å². The van der Waals surface area contributed by atoms with Crippen LogP contribution in [0.15, 0.2) is 46.9 Å². The lowest BCUT2D eigenvalue weighted by molar-refractivity contribution is 0.152. The minimum Gasteiger partial charge on any atom is -0.424 e. The number of fused-ring (bicyclic) bond motifs is 1. The molecular formula is C25H31Cl2N3O. The molecule has 0 unspecified atom stereocenters. The molecule has 0 bridgehead atoms. The molecule has 1 saturated heterocycles. The van der Waals surface area contributed by atoms with E-state index in [0.29, 0.717) is 22.0 Å². The Morgan fingerprint density at radius 1 is 1.10 bits per heavy atom. The van der Waals surface area contributed by atoms with Crippen molar-refractivity contribution in [3.63, 3.8) is 0 Å². The number of rotatable bonds is 6. The summed E-state index contributed by atoms with van der Waals surface area (Å²) < 4.78 is 5.92. The van der Waals surface area contributed by atoms with Crippen LogP contribution < -0.4 is 5.32 Å². The number of para-hydroxylation sites is 2. The number of nitrogens with zero attached hydrogens (tertiary/aromatic N) is 2. The summed E-state index contributed by atoms with van der Waals surface area (Å²) in [6, 6.07) is 14.8. The van der Waals surface area contributed by atoms with E-state index >= 15 is 0 Å². The quantitative estimate of drug-likeness (QED) is 0.434. The summed E-state index contributed by atoms with van der Waals surface area (Å²) >= 11 is 12.2. The number of hydrogen-bond donors (Lipinski definition) is 1. The molecule has 1 aliphatic rings. The van der Waals surface area contributed by atoms with E-state index in [9.17, 15) is 0 Å². The van der Waals surface area contributed by atoms with Crippen LogP contribution in [-0.4, -0.2) is 35.6 Å². The van der Waals surface area contributed by atoms with Crippen LogP contribution in [0.2, 0.25) is 10.0 Å². The number of oxazole rings is 1. The van der Waals surface area contributed by atoms with Crippen LogP contribution in [0.3, 0.4) is 0 Å². The average molecular weight is 460 g/mol. The number of hydrogen-bond acceptors (Lipinski definition) is 4. The molecule has 0 spiro atoms. The number of anilines is 1. The van der Waals surface area contributed by atoms with Crippen molar-refractivity contribution in [2.24, 2.45) is 11.3 Å². The van der Waals surface area contributed by atoms with Crippen molar-refractivity contribution in [1.29, 1.82) is 0 Å². The van der Waals surface area contributed by atoms with Gasteiger partial charge in [0.05, 0.1) is 10.0 Å². The highest BCUT2D eigenvalue weighted by Gasteiger charge is 2.30. The van der Waals surface area contributed by atoms with E-state index in [1.54, 1.807) is 0 Å². The van der Waals surface area contributed by atoms with Crippen molar-refractivity contribution < 1.29 is 4.42 Å². The lowest BCUT2D eigenvalue weighted by Gasteiger charge is -2.38. The van der Waals surface area contributed by atoms with E-state index in [1.165, 1.54) is 18.4 Å². The Labute approximate surface area is 194 Å². The molecule has 1 aliphatic heterocycles. The van der Waals surface area contributed by atoms with Gasteiger partial charge in [-0.2, -0.15) is 4.98 Å². The Morgan fingerprint density at radius 2 is 1.84 bits per heavy atom. The fourth-order valence-corrected chi connectivity index (χ4v) is 4.57. The first-order valence-electron chi connectivity index (χ1n) is 11.1. The fourth-order valence-electron chi connectivity index (χ4n) is 4.25. The van der Waals surface area contributed by atoms with E-state index < -0.39 is 0 Å². The molecule has 2 heterocycles. The van der Waals surface area contributed by atoms with Crippen molar-refractivity contribution in [2.75, 3.05) is 25.0 Å². The molecule has 4 nitrogen and oxygen atoms in total. The zero-order valence-corrected chi connectivity index (χ0v) is 20.0. The van der Waals surface area contributed by atoms with Crippen LogP contribution in [0.5, 0.6) is 0 Å². The zero-order valence-electron chi connectivity index (χ0n) is 18.5. The minimum absolute atomic E-state index is 0.0809. The van der Waals surface area contributed by atoms with Crippen LogP contribution in [0.25, 0.3) is 11.1 Å². The van der Waals surface area contributed by atoms with Gasteiger partial charge in [0.2, 0.25) is 0 Å². The average Bonchev–Trinajstić information content (AvgIpc) is 3.13. The van der Waals surface area contributed by atoms with Crippen molar-refractivity contribution in [3.05, 3.63) is 58.1 Å². The van der Waals surface area contributed by atoms with Gasteiger partial charge < -0.3 is 14.6 Å². The molecule has 0 amide bonds. The highest BCUT2D eigenvalue weighted by Crippen LogP contribution is 2.29. The summed E-state index contributed by atoms with van der Waals surface area (Å²) in [4.78, 5) is 7.18. The van der Waals surface area contributed by atoms with Gasteiger partial charge in [-0.25, -0.2) is 0 Å². The second kappa shape index (κ2) is 9.40. The summed E-state index contributed by atoms with van der Waals surface area (Å²) in [7, 11) is 0. The molecule has 1 fully saturated rings. The van der Waals surface area contributed by atoms with E-state index in [4.69, 9.17) is 27.6 Å². The van der Waals surface area contributed by atoms with Gasteiger partial charge in [-0.3, -0.25) is 0 Å². The summed E-state index contributed by atoms with van der Waals surface area (Å²) in [5, 5.41) is 4.84. The fraction of sp³-hybridized carbons (Fsp3) is 0.480. The Kier molecular flexibility index (Phi) is 6.80. The summed E-state index contributed by atoms with van der Waals surface area (Å²) in [5.41, 5.74) is 3.07. The molecule has 1 atom stereocenters. The summed E-state index contributed by atoms with van der Waals surface area (Å²) in [6.07, 6.45) is 3.45. The van der Waals surface area contributed by atoms with Crippen molar-refractivity contribution in [1.82, 2.24) is 9.88 Å². The van der Waals surface area contributed by atoms with Crippen molar-refractivity contribution in [2.45, 2.75) is 46.1 Å². The maximum Gasteiger partial charge on any atom is 0.295 e. The standard InChI is InChI=1S/C25H31Cl2N3O/c1-25(2,3)23(29-24-28-21-6-4-5-7-22(21)31-24)16-30-12-10-17(11-13-30)14-18-8-9-19(26)20(27)15-18/h4-9,15,17,23H,10-14,16H2,1-3H3,(H,28,29)/t23-/m1/s1. The number of benzene rings is 2. The lowest BCUT2D eigenvalue weighted by Crippen LogP contribution is -2.47. The molecule has 4 rings (SSSR count). The monoisotopic (exact) mass is 459 g/mol. The predicted octanol–water partition coefficient (Wildman–Crippen LogP) is 6.92. The Balaban J connectivity index is 1.34. The molecular weight excluding hydrogens is 429 g/mol. The van der Waals surface area contributed by atoms with Crippen molar-refractivity contribution in [3.8, 4) is 0 Å². The second-order valence-electron chi connectivity index (χ2n) is 9.75. The third kappa shape index (κ3) is 5.74. The van der Waals surface area contributed by atoms with Gasteiger partial charge in [0.15, 0.2) is 5.58 Å². The molecule has 0 saturated carbocycles. The highest BCUT2D eigenvalue weighted by molar-refractivity contribution is 6.42. The van der Waals surface area contributed by atoms with Gasteiger partial charge in [-0.15, -0.1) is 0 Å². The van der Waals surface area contributed by atoms with Crippen LogP contribution >= 0.6 is 23.2 Å². The Hall–Kier alpha value is -1.75. The van der Waals surface area contributed by atoms with Crippen LogP contribution in [0, 0.1) is 11.3 Å². The summed E-state index contributed by atoms with van der Waals surface area (Å²) in [6.45, 7) is 9.99. The first-order chi connectivity index (χ1) is 14.8. The number of aromatic nitrogens is 1. The first kappa shape index (κ1) is 22.4. The van der Waals surface area contributed by atoms with Gasteiger partial charge >= 0.3 is 0 Å². The number of piperidine rings is 1. The third-order valence-electron chi connectivity index (χ3n) is 6.29. The normalized spacial score (nSPS) is 17.2. The number of nitrogens with one attached hydrogen (secondary N) is 1. The van der Waals surface area contributed by atoms with E-state index in [1.807, 2.05) is 36.4 Å². The highest BCUT2D eigenvalue weighted by atomic mass is 35.5. The Morgan fingerprint density at radius 3 is 2.52 bits per heavy atom. The molecule has 0 radical (unpaired) electrons. The van der Waals surface area contributed by atoms with Crippen LogP contribution in [-0.2, 0) is 6.42 Å². The molecule has 166 valence electrons. The molecule has 3 aromatic rings. The second-order valence-corrected chi connectivity index (χ2v) is 10.6. The van der Waals surface area contributed by atoms with Crippen molar-refractivity contribution >= 4 is 40.3 Å². The molecule has 31 heavy (non-hydrogen) atoms. The van der Waals surface area contributed by atoms with Crippen LogP contribution in [0.1, 0.15) is 39.2 Å². The summed E-state index contributed by atoms with van der Waals surface area (Å²) in [5.74, 6) is 0.687. The van der Waals surface area contributed by atoms with Gasteiger partial charge in [-0.05, 0) is 73.5 Å². The topological polar surface area (TPSA) is 41.3 Å². The third-order valence-corrected chi connectivity index (χ3v) is 7.03. The maximum absolute atomic E-state index is 6.19. The molecule has 2 aromatic carbocycles. The minimum atomic E-state index is 0.0809. The molecule has 6 heteroatoms. The van der Waals surface area contributed by atoms with Gasteiger partial charge in [0.1, 0.15) is 5.52 Å². The SMILES string of the molecule is CC(C)(C)[C@@H](CN1CCC(Cc2ccc(Cl)c(Cl)c2)CC1)Nc1nc2ccccc2o1. The van der Waals surface area contributed by atoms with Gasteiger partial charge in [0.25, 0.3) is 6.01 Å². The maximum atomic E-state index is 6.19. The number of halogens is 2. The Bertz CT molecular complexity index is 986. The number of likely N-dealkylation sites (tertiary alicyclic amines) is 1. The lowest BCUT2D eigenvalue weighted by atomic mass is 9.85. The van der Waals surface area contributed by atoms with Gasteiger partial charge in [-0.1, -0.05) is 62.2 Å². The molecule has 1 N–H and O–H groups in total. The van der Waals surface area contributed by atoms with Gasteiger partial charge in [0, 0.05) is 12.6 Å². The van der Waals surface area contributed by atoms with E-state index in [0.717, 1.165) is 37.2 Å². The largest absolute Gasteiger partial charge is 0.424 e. The molecule has 0 aliphatic carbocycles. The zero-order chi connectivity index (χ0) is 22.0. The van der Waals surface area contributed by atoms with E-state index in [-0.39, 0.29) is 11.5 Å². The first-order valence-corrected chi connectivity index (χ1v) is 11.8. The van der Waals surface area contributed by atoms with E-state index in [2.05, 4.69) is 42.0 Å². The smallest absolute Gasteiger partial charge is 0.295 e.